The van der Waals surface area contributed by atoms with Gasteiger partial charge in [-0.05, 0) is 38.2 Å². The average molecular weight is 336 g/mol. The second-order valence-corrected chi connectivity index (χ2v) is 7.74. The van der Waals surface area contributed by atoms with E-state index in [0.717, 1.165) is 24.4 Å². The Balaban J connectivity index is 1.96. The Morgan fingerprint density at radius 2 is 1.83 bits per heavy atom. The first-order valence-corrected chi connectivity index (χ1v) is 9.64. The number of unbranched alkanes of at least 4 members (excludes halogenated alkanes) is 2. The minimum absolute atomic E-state index is 0.196. The molecule has 0 radical (unpaired) electrons. The largest absolute Gasteiger partial charge is 0.379 e. The maximum atomic E-state index is 12.9. The number of ether oxygens (including phenoxy) is 1. The van der Waals surface area contributed by atoms with Crippen molar-refractivity contribution in [2.45, 2.75) is 50.5 Å². The molecule has 4 heteroatoms. The summed E-state index contributed by atoms with van der Waals surface area (Å²) in [5.41, 5.74) is 0.332. The molecule has 128 valence electrons. The van der Waals surface area contributed by atoms with Crippen molar-refractivity contribution in [1.29, 1.82) is 0 Å². The standard InChI is InChI=1S/C19H29NO2S/c1-4-5-6-15-23-17-9-7-16(8-10-17)18(21)19(2,3)20-11-13-22-14-12-20/h7-10H,4-6,11-15H2,1-3H3. The summed E-state index contributed by atoms with van der Waals surface area (Å²) in [6.07, 6.45) is 3.80. The smallest absolute Gasteiger partial charge is 0.182 e. The van der Waals surface area contributed by atoms with Gasteiger partial charge in [0.05, 0.1) is 18.8 Å². The molecule has 2 rings (SSSR count). The minimum atomic E-state index is -0.473. The van der Waals surface area contributed by atoms with E-state index in [2.05, 4.69) is 24.0 Å². The van der Waals surface area contributed by atoms with Crippen LogP contribution in [-0.4, -0.2) is 48.3 Å². The summed E-state index contributed by atoms with van der Waals surface area (Å²) in [6.45, 7) is 9.34. The molecular formula is C19H29NO2S. The fourth-order valence-electron chi connectivity index (χ4n) is 2.86. The van der Waals surface area contributed by atoms with Crippen molar-refractivity contribution in [2.24, 2.45) is 0 Å². The number of morpholine rings is 1. The fourth-order valence-corrected chi connectivity index (χ4v) is 3.78. The molecular weight excluding hydrogens is 306 g/mol. The van der Waals surface area contributed by atoms with Crippen LogP contribution in [0.25, 0.3) is 0 Å². The molecule has 0 N–H and O–H groups in total. The molecule has 1 aromatic rings. The molecule has 1 saturated heterocycles. The number of hydrogen-bond acceptors (Lipinski definition) is 4. The molecule has 1 heterocycles. The van der Waals surface area contributed by atoms with Crippen molar-refractivity contribution >= 4 is 17.5 Å². The Hall–Kier alpha value is -0.840. The van der Waals surface area contributed by atoms with E-state index >= 15 is 0 Å². The molecule has 1 aliphatic rings. The lowest BCUT2D eigenvalue weighted by Crippen LogP contribution is -2.54. The van der Waals surface area contributed by atoms with Crippen molar-refractivity contribution in [3.63, 3.8) is 0 Å². The number of carbonyl (C=O) groups excluding carboxylic acids is 1. The Morgan fingerprint density at radius 1 is 1.17 bits per heavy atom. The van der Waals surface area contributed by atoms with Gasteiger partial charge in [-0.3, -0.25) is 9.69 Å². The number of Topliss-reactive ketones (excluding diaryl/α,β-unsaturated/α-hetero) is 1. The maximum absolute atomic E-state index is 12.9. The lowest BCUT2D eigenvalue weighted by Gasteiger charge is -2.39. The molecule has 1 fully saturated rings. The number of carbonyl (C=O) groups is 1. The quantitative estimate of drug-likeness (QED) is 0.403. The first-order chi connectivity index (χ1) is 11.1. The van der Waals surface area contributed by atoms with Gasteiger partial charge in [0.15, 0.2) is 5.78 Å². The van der Waals surface area contributed by atoms with E-state index in [-0.39, 0.29) is 5.78 Å². The van der Waals surface area contributed by atoms with E-state index in [1.165, 1.54) is 24.2 Å². The summed E-state index contributed by atoms with van der Waals surface area (Å²) in [5, 5.41) is 0. The van der Waals surface area contributed by atoms with Crippen LogP contribution >= 0.6 is 11.8 Å². The lowest BCUT2D eigenvalue weighted by molar-refractivity contribution is -0.00430. The highest BCUT2D eigenvalue weighted by Gasteiger charge is 2.35. The topological polar surface area (TPSA) is 29.5 Å². The van der Waals surface area contributed by atoms with Gasteiger partial charge < -0.3 is 4.74 Å². The Morgan fingerprint density at radius 3 is 2.43 bits per heavy atom. The first kappa shape index (κ1) is 18.5. The van der Waals surface area contributed by atoms with E-state index in [4.69, 9.17) is 4.74 Å². The lowest BCUT2D eigenvalue weighted by atomic mass is 9.91. The zero-order valence-electron chi connectivity index (χ0n) is 14.6. The predicted octanol–water partition coefficient (Wildman–Crippen LogP) is 4.26. The summed E-state index contributed by atoms with van der Waals surface area (Å²) in [5.74, 6) is 1.35. The van der Waals surface area contributed by atoms with Gasteiger partial charge in [-0.25, -0.2) is 0 Å². The van der Waals surface area contributed by atoms with Gasteiger partial charge >= 0.3 is 0 Å². The molecule has 0 spiro atoms. The van der Waals surface area contributed by atoms with Gasteiger partial charge in [-0.2, -0.15) is 0 Å². The third kappa shape index (κ3) is 5.07. The van der Waals surface area contributed by atoms with E-state index in [9.17, 15) is 4.79 Å². The van der Waals surface area contributed by atoms with Crippen LogP contribution < -0.4 is 0 Å². The van der Waals surface area contributed by atoms with Crippen LogP contribution in [-0.2, 0) is 4.74 Å². The predicted molar refractivity (Wildman–Crippen MR) is 97.5 cm³/mol. The van der Waals surface area contributed by atoms with Gasteiger partial charge in [0, 0.05) is 23.5 Å². The highest BCUT2D eigenvalue weighted by atomic mass is 32.2. The van der Waals surface area contributed by atoms with Crippen molar-refractivity contribution in [1.82, 2.24) is 4.90 Å². The highest BCUT2D eigenvalue weighted by Crippen LogP contribution is 2.25. The van der Waals surface area contributed by atoms with Crippen LogP contribution in [0.1, 0.15) is 50.4 Å². The van der Waals surface area contributed by atoms with Gasteiger partial charge in [-0.1, -0.05) is 31.9 Å². The van der Waals surface area contributed by atoms with Gasteiger partial charge in [-0.15, -0.1) is 11.8 Å². The van der Waals surface area contributed by atoms with E-state index in [1.807, 2.05) is 37.7 Å². The normalized spacial score (nSPS) is 16.5. The number of nitrogens with zero attached hydrogens (tertiary/aromatic N) is 1. The highest BCUT2D eigenvalue weighted by molar-refractivity contribution is 7.99. The third-order valence-corrected chi connectivity index (χ3v) is 5.59. The fraction of sp³-hybridized carbons (Fsp3) is 0.632. The molecule has 3 nitrogen and oxygen atoms in total. The zero-order chi connectivity index (χ0) is 16.7. The van der Waals surface area contributed by atoms with Crippen LogP contribution in [0.2, 0.25) is 0 Å². The van der Waals surface area contributed by atoms with E-state index < -0.39 is 5.54 Å². The molecule has 0 atom stereocenters. The monoisotopic (exact) mass is 335 g/mol. The SMILES string of the molecule is CCCCCSc1ccc(C(=O)C(C)(C)N2CCOCC2)cc1. The second kappa shape index (κ2) is 8.86. The number of benzene rings is 1. The molecule has 1 aromatic carbocycles. The molecule has 1 aliphatic heterocycles. The zero-order valence-corrected chi connectivity index (χ0v) is 15.5. The van der Waals surface area contributed by atoms with Crippen molar-refractivity contribution in [3.8, 4) is 0 Å². The van der Waals surface area contributed by atoms with E-state index in [0.29, 0.717) is 13.2 Å². The molecule has 0 amide bonds. The third-order valence-electron chi connectivity index (χ3n) is 4.49. The number of rotatable bonds is 8. The van der Waals surface area contributed by atoms with E-state index in [1.54, 1.807) is 0 Å². The van der Waals surface area contributed by atoms with Crippen molar-refractivity contribution in [2.75, 3.05) is 32.1 Å². The number of hydrogen-bond donors (Lipinski definition) is 0. The first-order valence-electron chi connectivity index (χ1n) is 8.66. The van der Waals surface area contributed by atoms with Crippen LogP contribution in [0, 0.1) is 0 Å². The minimum Gasteiger partial charge on any atom is -0.379 e. The summed E-state index contributed by atoms with van der Waals surface area (Å²) < 4.78 is 5.40. The molecule has 0 bridgehead atoms. The Labute approximate surface area is 144 Å². The summed E-state index contributed by atoms with van der Waals surface area (Å²) in [4.78, 5) is 16.4. The molecule has 23 heavy (non-hydrogen) atoms. The van der Waals surface area contributed by atoms with Gasteiger partial charge in [0.1, 0.15) is 0 Å². The number of thioether (sulfide) groups is 1. The summed E-state index contributed by atoms with van der Waals surface area (Å²) in [7, 11) is 0. The van der Waals surface area contributed by atoms with Crippen LogP contribution in [0.15, 0.2) is 29.2 Å². The molecule has 0 saturated carbocycles. The van der Waals surface area contributed by atoms with Gasteiger partial charge in [0.2, 0.25) is 0 Å². The molecule has 0 unspecified atom stereocenters. The van der Waals surface area contributed by atoms with Gasteiger partial charge in [0.25, 0.3) is 0 Å². The summed E-state index contributed by atoms with van der Waals surface area (Å²) >= 11 is 1.88. The molecule has 0 aromatic heterocycles. The number of ketones is 1. The van der Waals surface area contributed by atoms with Crippen LogP contribution in [0.3, 0.4) is 0 Å². The van der Waals surface area contributed by atoms with Crippen LogP contribution in [0.4, 0.5) is 0 Å². The average Bonchev–Trinajstić information content (AvgIpc) is 2.59. The molecule has 0 aliphatic carbocycles. The van der Waals surface area contributed by atoms with Crippen molar-refractivity contribution in [3.05, 3.63) is 29.8 Å². The Bertz CT molecular complexity index is 493. The Kier molecular flexibility index (Phi) is 7.12. The maximum Gasteiger partial charge on any atom is 0.182 e. The van der Waals surface area contributed by atoms with Crippen LogP contribution in [0.5, 0.6) is 0 Å². The van der Waals surface area contributed by atoms with Crippen molar-refractivity contribution < 1.29 is 9.53 Å². The second-order valence-electron chi connectivity index (χ2n) is 6.57. The summed E-state index contributed by atoms with van der Waals surface area (Å²) in [6, 6.07) is 8.12.